The largest absolute Gasteiger partial charge is 0.444 e. The van der Waals surface area contributed by atoms with Crippen LogP contribution in [0.25, 0.3) is 0 Å². The Balaban J connectivity index is 1.66. The number of hydrogen-bond donors (Lipinski definition) is 1. The molecule has 36 heavy (non-hydrogen) atoms. The fourth-order valence-corrected chi connectivity index (χ4v) is 5.21. The maximum atomic E-state index is 13.5. The van der Waals surface area contributed by atoms with Crippen molar-refractivity contribution in [3.63, 3.8) is 0 Å². The summed E-state index contributed by atoms with van der Waals surface area (Å²) in [5, 5.41) is 2.96. The highest BCUT2D eigenvalue weighted by atomic mass is 16.8. The molecule has 7 nitrogen and oxygen atoms in total. The van der Waals surface area contributed by atoms with Gasteiger partial charge >= 0.3 is 12.1 Å². The summed E-state index contributed by atoms with van der Waals surface area (Å²) in [4.78, 5) is 31.2. The number of carbonyl (C=O) groups excluding carboxylic acids is 2. The molecule has 3 fully saturated rings. The average molecular weight is 501 g/mol. The van der Waals surface area contributed by atoms with Gasteiger partial charge in [0.05, 0.1) is 6.04 Å². The molecular formula is C29H44N2O5. The minimum atomic E-state index is -1.40. The number of alkyl carbamates (subject to hydrolysis) is 1. The molecule has 1 aromatic rings. The van der Waals surface area contributed by atoms with E-state index in [1.54, 1.807) is 13.8 Å². The molecule has 0 spiro atoms. The second-order valence-electron chi connectivity index (χ2n) is 12.9. The van der Waals surface area contributed by atoms with E-state index >= 15 is 0 Å². The molecule has 200 valence electrons. The first-order chi connectivity index (χ1) is 16.8. The number of nitrogens with one attached hydrogen (secondary N) is 1. The highest BCUT2D eigenvalue weighted by Gasteiger charge is 2.59. The summed E-state index contributed by atoms with van der Waals surface area (Å²) >= 11 is 0. The van der Waals surface area contributed by atoms with Crippen LogP contribution in [0, 0.1) is 11.8 Å². The maximum absolute atomic E-state index is 13.5. The van der Waals surface area contributed by atoms with Gasteiger partial charge in [-0.3, -0.25) is 4.98 Å². The second kappa shape index (κ2) is 9.96. The number of ether oxygens (including phenoxy) is 3. The van der Waals surface area contributed by atoms with Crippen molar-refractivity contribution in [1.82, 2.24) is 10.3 Å². The van der Waals surface area contributed by atoms with Gasteiger partial charge in [0.1, 0.15) is 5.60 Å². The van der Waals surface area contributed by atoms with E-state index in [9.17, 15) is 9.59 Å². The summed E-state index contributed by atoms with van der Waals surface area (Å²) in [5.74, 6) is 0.0827. The van der Waals surface area contributed by atoms with Gasteiger partial charge in [0.2, 0.25) is 5.79 Å². The average Bonchev–Trinajstić information content (AvgIpc) is 3.63. The van der Waals surface area contributed by atoms with Crippen molar-refractivity contribution in [1.29, 1.82) is 0 Å². The number of aromatic nitrogens is 1. The maximum Gasteiger partial charge on any atom is 0.407 e. The number of rotatable bonds is 10. The van der Waals surface area contributed by atoms with Crippen LogP contribution >= 0.6 is 0 Å². The van der Waals surface area contributed by atoms with E-state index in [-0.39, 0.29) is 12.3 Å². The first-order valence-corrected chi connectivity index (χ1v) is 13.7. The first kappa shape index (κ1) is 26.9. The Hall–Kier alpha value is -2.15. The van der Waals surface area contributed by atoms with E-state index in [2.05, 4.69) is 25.2 Å². The third kappa shape index (κ3) is 6.78. The monoisotopic (exact) mass is 500 g/mol. The normalized spacial score (nSPS) is 24.5. The standard InChI is InChI=1S/C29H44N2O5/c1-18(2)14-24(31-26(33)35-27(3,4)5)29(25(32)34-28(6,7)36-29)16-22-15-21(11-10-19-8-9-19)23(17-30-22)20-12-13-20/h15,17-20,24H,8-14,16H2,1-7H3,(H,31,33)/t24-,29+/m0/s1. The smallest absolute Gasteiger partial charge is 0.407 e. The zero-order chi connectivity index (χ0) is 26.3. The van der Waals surface area contributed by atoms with Crippen LogP contribution < -0.4 is 5.32 Å². The molecule has 1 aliphatic heterocycles. The van der Waals surface area contributed by atoms with Crippen molar-refractivity contribution in [2.45, 2.75) is 129 Å². The minimum absolute atomic E-state index is 0.196. The number of esters is 1. The van der Waals surface area contributed by atoms with E-state index in [0.29, 0.717) is 12.3 Å². The van der Waals surface area contributed by atoms with E-state index in [0.717, 1.165) is 18.0 Å². The van der Waals surface area contributed by atoms with E-state index < -0.39 is 35.1 Å². The molecular weight excluding hydrogens is 456 g/mol. The molecule has 0 radical (unpaired) electrons. The van der Waals surface area contributed by atoms with E-state index in [1.807, 2.05) is 27.0 Å². The molecule has 1 amide bonds. The van der Waals surface area contributed by atoms with Gasteiger partial charge in [-0.25, -0.2) is 9.59 Å². The molecule has 0 unspecified atom stereocenters. The fraction of sp³-hybridized carbons (Fsp3) is 0.759. The Labute approximate surface area is 216 Å². The lowest BCUT2D eigenvalue weighted by Crippen LogP contribution is -2.59. The summed E-state index contributed by atoms with van der Waals surface area (Å²) < 4.78 is 17.6. The second-order valence-corrected chi connectivity index (χ2v) is 12.9. The lowest BCUT2D eigenvalue weighted by atomic mass is 9.83. The minimum Gasteiger partial charge on any atom is -0.444 e. The van der Waals surface area contributed by atoms with Crippen molar-refractivity contribution in [3.8, 4) is 0 Å². The Morgan fingerprint density at radius 3 is 2.44 bits per heavy atom. The number of carbonyl (C=O) groups is 2. The van der Waals surface area contributed by atoms with Gasteiger partial charge in [0, 0.05) is 32.2 Å². The van der Waals surface area contributed by atoms with Crippen molar-refractivity contribution in [3.05, 3.63) is 29.1 Å². The number of pyridine rings is 1. The Morgan fingerprint density at radius 2 is 1.92 bits per heavy atom. The Kier molecular flexibility index (Phi) is 7.44. The molecule has 2 saturated carbocycles. The Bertz CT molecular complexity index is 974. The zero-order valence-electron chi connectivity index (χ0n) is 23.1. The molecule has 1 N–H and O–H groups in total. The third-order valence-electron chi connectivity index (χ3n) is 7.13. The van der Waals surface area contributed by atoms with Crippen LogP contribution in [0.2, 0.25) is 0 Å². The van der Waals surface area contributed by atoms with E-state index in [1.165, 1.54) is 43.2 Å². The summed E-state index contributed by atoms with van der Waals surface area (Å²) in [6.07, 6.45) is 9.55. The quantitative estimate of drug-likeness (QED) is 0.407. The highest BCUT2D eigenvalue weighted by Crippen LogP contribution is 2.44. The predicted octanol–water partition coefficient (Wildman–Crippen LogP) is 5.83. The summed E-state index contributed by atoms with van der Waals surface area (Å²) in [7, 11) is 0. The van der Waals surface area contributed by atoms with Crippen LogP contribution in [-0.4, -0.2) is 40.1 Å². The molecule has 1 aromatic heterocycles. The van der Waals surface area contributed by atoms with Crippen LogP contribution in [0.1, 0.15) is 110 Å². The first-order valence-electron chi connectivity index (χ1n) is 13.7. The number of hydrogen-bond acceptors (Lipinski definition) is 6. The predicted molar refractivity (Wildman–Crippen MR) is 138 cm³/mol. The van der Waals surface area contributed by atoms with Crippen LogP contribution in [0.15, 0.2) is 12.3 Å². The van der Waals surface area contributed by atoms with Gasteiger partial charge in [0.15, 0.2) is 5.60 Å². The SMILES string of the molecule is CC(C)C[C@H](NC(=O)OC(C)(C)C)[C@@]1(Cc2cc(CCC3CC3)c(C3CC3)cn2)OC(C)(C)OC1=O. The van der Waals surface area contributed by atoms with Gasteiger partial charge < -0.3 is 19.5 Å². The number of nitrogens with zero attached hydrogens (tertiary/aromatic N) is 1. The summed E-state index contributed by atoms with van der Waals surface area (Å²) in [6, 6.07) is 1.53. The fourth-order valence-electron chi connectivity index (χ4n) is 5.21. The summed E-state index contributed by atoms with van der Waals surface area (Å²) in [5.41, 5.74) is 1.43. The van der Waals surface area contributed by atoms with Crippen molar-refractivity contribution < 1.29 is 23.8 Å². The molecule has 4 rings (SSSR count). The van der Waals surface area contributed by atoms with Crippen molar-refractivity contribution in [2.24, 2.45) is 11.8 Å². The molecule has 2 atom stereocenters. The molecule has 7 heteroatoms. The van der Waals surface area contributed by atoms with Gasteiger partial charge in [-0.05, 0) is 87.8 Å². The molecule has 2 aliphatic carbocycles. The van der Waals surface area contributed by atoms with Gasteiger partial charge in [-0.15, -0.1) is 0 Å². The molecule has 0 bridgehead atoms. The van der Waals surface area contributed by atoms with Crippen molar-refractivity contribution >= 4 is 12.1 Å². The van der Waals surface area contributed by atoms with Crippen LogP contribution in [0.3, 0.4) is 0 Å². The third-order valence-corrected chi connectivity index (χ3v) is 7.13. The molecule has 0 aromatic carbocycles. The molecule has 1 saturated heterocycles. The number of aryl methyl sites for hydroxylation is 1. The summed E-state index contributed by atoms with van der Waals surface area (Å²) in [6.45, 7) is 13.0. The number of amides is 1. The van der Waals surface area contributed by atoms with Crippen LogP contribution in [-0.2, 0) is 31.8 Å². The van der Waals surface area contributed by atoms with Gasteiger partial charge in [-0.1, -0.05) is 26.7 Å². The molecule has 3 aliphatic rings. The van der Waals surface area contributed by atoms with Gasteiger partial charge in [0.25, 0.3) is 0 Å². The lowest BCUT2D eigenvalue weighted by molar-refractivity contribution is -0.170. The highest BCUT2D eigenvalue weighted by molar-refractivity contribution is 5.84. The van der Waals surface area contributed by atoms with Crippen LogP contribution in [0.4, 0.5) is 4.79 Å². The lowest BCUT2D eigenvalue weighted by Gasteiger charge is -2.36. The Morgan fingerprint density at radius 1 is 1.22 bits per heavy atom. The zero-order valence-corrected chi connectivity index (χ0v) is 23.1. The van der Waals surface area contributed by atoms with Crippen molar-refractivity contribution in [2.75, 3.05) is 0 Å². The molecule has 2 heterocycles. The topological polar surface area (TPSA) is 86.8 Å². The van der Waals surface area contributed by atoms with Crippen LogP contribution in [0.5, 0.6) is 0 Å². The number of cyclic esters (lactones) is 1. The van der Waals surface area contributed by atoms with E-state index in [4.69, 9.17) is 19.2 Å². The van der Waals surface area contributed by atoms with Gasteiger partial charge in [-0.2, -0.15) is 0 Å².